The van der Waals surface area contributed by atoms with Gasteiger partial charge in [-0.25, -0.2) is 0 Å². The Balaban J connectivity index is 1.27. The fraction of sp³-hybridized carbons (Fsp3) is 0.423. The van der Waals surface area contributed by atoms with Gasteiger partial charge in [0.25, 0.3) is 5.91 Å². The molecule has 0 aliphatic carbocycles. The van der Waals surface area contributed by atoms with E-state index in [4.69, 9.17) is 0 Å². The maximum Gasteiger partial charge on any atom is 0.253 e. The summed E-state index contributed by atoms with van der Waals surface area (Å²) in [6, 6.07) is 15.8. The van der Waals surface area contributed by atoms with Crippen LogP contribution < -0.4 is 9.80 Å². The first-order valence-electron chi connectivity index (χ1n) is 12.0. The molecule has 2 aromatic carbocycles. The number of nitrogens with zero attached hydrogens (tertiary/aromatic N) is 4. The summed E-state index contributed by atoms with van der Waals surface area (Å²) in [7, 11) is 0. The van der Waals surface area contributed by atoms with Crippen LogP contribution in [0.5, 0.6) is 0 Å². The number of anilines is 2. The van der Waals surface area contributed by atoms with Crippen LogP contribution in [0.4, 0.5) is 11.4 Å². The van der Waals surface area contributed by atoms with Crippen molar-refractivity contribution in [3.05, 3.63) is 54.1 Å². The number of benzene rings is 2. The molecule has 0 radical (unpaired) electrons. The number of amides is 3. The summed E-state index contributed by atoms with van der Waals surface area (Å²) in [5, 5.41) is 0. The van der Waals surface area contributed by atoms with Gasteiger partial charge in [0, 0.05) is 55.4 Å². The minimum atomic E-state index is -0.0867. The van der Waals surface area contributed by atoms with Gasteiger partial charge in [-0.1, -0.05) is 18.2 Å². The molecule has 0 unspecified atom stereocenters. The van der Waals surface area contributed by atoms with E-state index < -0.39 is 0 Å². The van der Waals surface area contributed by atoms with Crippen LogP contribution in [0.1, 0.15) is 29.6 Å². The fourth-order valence-corrected chi connectivity index (χ4v) is 5.79. The summed E-state index contributed by atoms with van der Waals surface area (Å²) >= 11 is 1.47. The van der Waals surface area contributed by atoms with E-state index in [0.29, 0.717) is 30.1 Å². The standard InChI is InChI=1S/C26H30N4O3S/c31-24(28-15-13-27(14-16-28)21-7-3-1-4-8-21)18-30-22-17-20(9-10-23(22)34-19-25(30)32)26(33)29-11-5-2-6-12-29/h1,3-4,7-10,17H,2,5-6,11-16,18-19H2. The van der Waals surface area contributed by atoms with Gasteiger partial charge >= 0.3 is 0 Å². The van der Waals surface area contributed by atoms with Gasteiger partial charge in [0.15, 0.2) is 0 Å². The molecule has 0 aromatic heterocycles. The Morgan fingerprint density at radius 1 is 0.824 bits per heavy atom. The first-order valence-corrected chi connectivity index (χ1v) is 13.0. The minimum absolute atomic E-state index is 0.00818. The Kier molecular flexibility index (Phi) is 6.76. The third-order valence-electron chi connectivity index (χ3n) is 6.84. The van der Waals surface area contributed by atoms with Crippen molar-refractivity contribution >= 4 is 40.9 Å². The van der Waals surface area contributed by atoms with Gasteiger partial charge < -0.3 is 19.6 Å². The average molecular weight is 479 g/mol. The second-order valence-corrected chi connectivity index (χ2v) is 10.0. The largest absolute Gasteiger partial charge is 0.368 e. The van der Waals surface area contributed by atoms with Crippen LogP contribution in [0.3, 0.4) is 0 Å². The number of fused-ring (bicyclic) bond motifs is 1. The molecule has 2 aromatic rings. The van der Waals surface area contributed by atoms with Crippen LogP contribution in [-0.4, -0.2) is 79.1 Å². The van der Waals surface area contributed by atoms with Gasteiger partial charge in [-0.2, -0.15) is 0 Å². The Hall–Kier alpha value is -3.00. The highest BCUT2D eigenvalue weighted by Crippen LogP contribution is 2.36. The van der Waals surface area contributed by atoms with Crippen molar-refractivity contribution in [1.29, 1.82) is 0 Å². The van der Waals surface area contributed by atoms with E-state index in [-0.39, 0.29) is 24.3 Å². The van der Waals surface area contributed by atoms with E-state index in [1.54, 1.807) is 11.0 Å². The zero-order valence-electron chi connectivity index (χ0n) is 19.3. The highest BCUT2D eigenvalue weighted by Gasteiger charge is 2.31. The summed E-state index contributed by atoms with van der Waals surface area (Å²) in [5.74, 6) is 0.179. The molecule has 3 aliphatic rings. The van der Waals surface area contributed by atoms with Gasteiger partial charge in [-0.05, 0) is 49.6 Å². The molecule has 3 aliphatic heterocycles. The monoisotopic (exact) mass is 478 g/mol. The molecule has 0 spiro atoms. The Morgan fingerprint density at radius 2 is 1.56 bits per heavy atom. The van der Waals surface area contributed by atoms with E-state index in [9.17, 15) is 14.4 Å². The van der Waals surface area contributed by atoms with Crippen molar-refractivity contribution in [2.75, 3.05) is 61.4 Å². The van der Waals surface area contributed by atoms with E-state index in [0.717, 1.165) is 56.0 Å². The Bertz CT molecular complexity index is 1060. The van der Waals surface area contributed by atoms with Crippen molar-refractivity contribution in [2.24, 2.45) is 0 Å². The third kappa shape index (κ3) is 4.78. The van der Waals surface area contributed by atoms with Gasteiger partial charge in [0.05, 0.1) is 11.4 Å². The number of para-hydroxylation sites is 1. The lowest BCUT2D eigenvalue weighted by Gasteiger charge is -2.37. The molecular formula is C26H30N4O3S. The molecule has 3 heterocycles. The summed E-state index contributed by atoms with van der Waals surface area (Å²) in [5.41, 5.74) is 2.43. The van der Waals surface area contributed by atoms with Crippen molar-refractivity contribution in [3.63, 3.8) is 0 Å². The number of piperazine rings is 1. The molecule has 3 amide bonds. The van der Waals surface area contributed by atoms with Gasteiger partial charge in [-0.15, -0.1) is 11.8 Å². The molecule has 7 nitrogen and oxygen atoms in total. The summed E-state index contributed by atoms with van der Waals surface area (Å²) in [4.78, 5) is 47.5. The second kappa shape index (κ2) is 10.1. The average Bonchev–Trinajstić information content (AvgIpc) is 2.90. The smallest absolute Gasteiger partial charge is 0.253 e. The molecule has 0 saturated carbocycles. The first kappa shape index (κ1) is 22.8. The summed E-state index contributed by atoms with van der Waals surface area (Å²) in [6.45, 7) is 4.37. The number of rotatable bonds is 4. The molecule has 34 heavy (non-hydrogen) atoms. The molecule has 2 saturated heterocycles. The third-order valence-corrected chi connectivity index (χ3v) is 7.89. The van der Waals surface area contributed by atoms with Crippen LogP contribution >= 0.6 is 11.8 Å². The van der Waals surface area contributed by atoms with Crippen LogP contribution in [0, 0.1) is 0 Å². The lowest BCUT2D eigenvalue weighted by Crippen LogP contribution is -2.52. The predicted octanol–water partition coefficient (Wildman–Crippen LogP) is 3.10. The van der Waals surface area contributed by atoms with Crippen molar-refractivity contribution in [2.45, 2.75) is 24.2 Å². The number of piperidine rings is 1. The SMILES string of the molecule is O=C(CN1C(=O)CSc2ccc(C(=O)N3CCCCC3)cc21)N1CCN(c2ccccc2)CC1. The number of likely N-dealkylation sites (tertiary alicyclic amines) is 1. The summed E-state index contributed by atoms with van der Waals surface area (Å²) < 4.78 is 0. The zero-order chi connectivity index (χ0) is 23.5. The van der Waals surface area contributed by atoms with E-state index in [2.05, 4.69) is 17.0 Å². The number of hydrogen-bond donors (Lipinski definition) is 0. The van der Waals surface area contributed by atoms with Crippen LogP contribution in [0.2, 0.25) is 0 Å². The van der Waals surface area contributed by atoms with Crippen LogP contribution in [0.25, 0.3) is 0 Å². The maximum atomic E-state index is 13.2. The van der Waals surface area contributed by atoms with Crippen molar-refractivity contribution < 1.29 is 14.4 Å². The number of carbonyl (C=O) groups is 3. The quantitative estimate of drug-likeness (QED) is 0.676. The lowest BCUT2D eigenvalue weighted by molar-refractivity contribution is -0.131. The topological polar surface area (TPSA) is 64.2 Å². The zero-order valence-corrected chi connectivity index (χ0v) is 20.1. The molecule has 8 heteroatoms. The first-order chi connectivity index (χ1) is 16.6. The van der Waals surface area contributed by atoms with Gasteiger partial charge in [-0.3, -0.25) is 14.4 Å². The number of hydrogen-bond acceptors (Lipinski definition) is 5. The van der Waals surface area contributed by atoms with Crippen molar-refractivity contribution in [3.8, 4) is 0 Å². The molecule has 0 atom stereocenters. The fourth-order valence-electron chi connectivity index (χ4n) is 4.88. The van der Waals surface area contributed by atoms with Crippen molar-refractivity contribution in [1.82, 2.24) is 9.80 Å². The van der Waals surface area contributed by atoms with E-state index >= 15 is 0 Å². The highest BCUT2D eigenvalue weighted by molar-refractivity contribution is 8.00. The maximum absolute atomic E-state index is 13.2. The Labute approximate surface area is 204 Å². The summed E-state index contributed by atoms with van der Waals surface area (Å²) in [6.07, 6.45) is 3.22. The molecule has 0 bridgehead atoms. The number of carbonyl (C=O) groups excluding carboxylic acids is 3. The molecule has 2 fully saturated rings. The molecule has 0 N–H and O–H groups in total. The molecule has 5 rings (SSSR count). The van der Waals surface area contributed by atoms with E-state index in [1.165, 1.54) is 11.8 Å². The molecule has 178 valence electrons. The lowest BCUT2D eigenvalue weighted by atomic mass is 10.1. The number of thioether (sulfide) groups is 1. The van der Waals surface area contributed by atoms with Crippen LogP contribution in [0.15, 0.2) is 53.4 Å². The Morgan fingerprint density at radius 3 is 2.29 bits per heavy atom. The van der Waals surface area contributed by atoms with Gasteiger partial charge in [0.2, 0.25) is 11.8 Å². The minimum Gasteiger partial charge on any atom is -0.368 e. The van der Waals surface area contributed by atoms with Gasteiger partial charge in [0.1, 0.15) is 6.54 Å². The normalized spacial score (nSPS) is 18.6. The highest BCUT2D eigenvalue weighted by atomic mass is 32.2. The van der Waals surface area contributed by atoms with Crippen LogP contribution in [-0.2, 0) is 9.59 Å². The predicted molar refractivity (Wildman–Crippen MR) is 135 cm³/mol. The molecular weight excluding hydrogens is 448 g/mol. The second-order valence-electron chi connectivity index (χ2n) is 9.01. The van der Waals surface area contributed by atoms with E-state index in [1.807, 2.05) is 40.1 Å².